The number of rotatable bonds is 3. The fourth-order valence-corrected chi connectivity index (χ4v) is 2.67. The Labute approximate surface area is 144 Å². The van der Waals surface area contributed by atoms with E-state index in [1.807, 2.05) is 27.0 Å². The first kappa shape index (κ1) is 16.1. The summed E-state index contributed by atoms with van der Waals surface area (Å²) < 4.78 is 1.72. The fourth-order valence-electron chi connectivity index (χ4n) is 2.54. The van der Waals surface area contributed by atoms with Crippen LogP contribution in [-0.2, 0) is 7.05 Å². The van der Waals surface area contributed by atoms with Gasteiger partial charge in [0.25, 0.3) is 0 Å². The number of nitrogens with one attached hydrogen (secondary N) is 3. The smallest absolute Gasteiger partial charge is 0.307 e. The van der Waals surface area contributed by atoms with E-state index >= 15 is 0 Å². The Morgan fingerprint density at radius 1 is 1.21 bits per heavy atom. The lowest BCUT2D eigenvalue weighted by Crippen LogP contribution is -2.33. The number of benzene rings is 1. The Balaban J connectivity index is 1.70. The van der Waals surface area contributed by atoms with Crippen molar-refractivity contribution in [2.75, 3.05) is 10.7 Å². The number of nitrogens with zero attached hydrogens (tertiary/aromatic N) is 3. The van der Waals surface area contributed by atoms with E-state index in [-0.39, 0.29) is 0 Å². The van der Waals surface area contributed by atoms with Gasteiger partial charge < -0.3 is 5.32 Å². The summed E-state index contributed by atoms with van der Waals surface area (Å²) in [6.45, 7) is 3.93. The number of hydrogen-bond acceptors (Lipinski definition) is 4. The van der Waals surface area contributed by atoms with Gasteiger partial charge in [-0.1, -0.05) is 11.6 Å². The maximum atomic E-state index is 11.9. The third-order valence-corrected chi connectivity index (χ3v) is 3.82. The van der Waals surface area contributed by atoms with Gasteiger partial charge >= 0.3 is 6.03 Å². The van der Waals surface area contributed by atoms with Crippen molar-refractivity contribution in [2.45, 2.75) is 13.8 Å². The quantitative estimate of drug-likeness (QED) is 0.636. The van der Waals surface area contributed by atoms with Crippen LogP contribution in [0.4, 0.5) is 16.3 Å². The molecule has 2 aromatic heterocycles. The van der Waals surface area contributed by atoms with E-state index in [1.54, 1.807) is 28.9 Å². The minimum atomic E-state index is -0.405. The summed E-state index contributed by atoms with van der Waals surface area (Å²) in [5, 5.41) is 8.69. The number of fused-ring (bicyclic) bond motifs is 1. The highest BCUT2D eigenvalue weighted by Gasteiger charge is 2.11. The number of carbonyl (C=O) groups excluding carboxylic acids is 1. The zero-order chi connectivity index (χ0) is 17.3. The zero-order valence-corrected chi connectivity index (χ0v) is 14.3. The van der Waals surface area contributed by atoms with Gasteiger partial charge in [-0.2, -0.15) is 5.10 Å². The lowest BCUT2D eigenvalue weighted by molar-refractivity contribution is 0.254. The molecule has 8 heteroatoms. The van der Waals surface area contributed by atoms with Crippen LogP contribution >= 0.6 is 11.6 Å². The summed E-state index contributed by atoms with van der Waals surface area (Å²) in [4.78, 5) is 16.4. The molecule has 2 amide bonds. The van der Waals surface area contributed by atoms with Crippen molar-refractivity contribution in [3.05, 3.63) is 46.6 Å². The first-order valence-corrected chi connectivity index (χ1v) is 7.71. The Kier molecular flexibility index (Phi) is 4.26. The fraction of sp³-hybridized carbons (Fsp3) is 0.188. The Morgan fingerprint density at radius 3 is 2.62 bits per heavy atom. The molecule has 7 nitrogen and oxygen atoms in total. The SMILES string of the molecule is Cc1cc(NNC(=O)Nc2ccc(Cl)cc2)nc2c1c(C)nn2C. The molecular weight excluding hydrogens is 328 g/mol. The number of hydrazine groups is 1. The second-order valence-corrected chi connectivity index (χ2v) is 5.88. The van der Waals surface area contributed by atoms with Crippen LogP contribution in [-0.4, -0.2) is 20.8 Å². The molecule has 0 saturated carbocycles. The first-order chi connectivity index (χ1) is 11.4. The van der Waals surface area contributed by atoms with Gasteiger partial charge in [0.1, 0.15) is 5.82 Å². The van der Waals surface area contributed by atoms with Crippen LogP contribution in [0.5, 0.6) is 0 Å². The standard InChI is InChI=1S/C16H17ClN6O/c1-9-8-13(19-15-14(9)10(2)22-23(15)3)20-21-16(24)18-12-6-4-11(17)5-7-12/h4-8H,1-3H3,(H,19,20)(H2,18,21,24). The number of pyridine rings is 1. The third kappa shape index (κ3) is 3.26. The average Bonchev–Trinajstić information content (AvgIpc) is 2.82. The summed E-state index contributed by atoms with van der Waals surface area (Å²) in [7, 11) is 1.84. The number of carbonyl (C=O) groups is 1. The summed E-state index contributed by atoms with van der Waals surface area (Å²) in [5.74, 6) is 0.536. The van der Waals surface area contributed by atoms with Crippen LogP contribution in [0, 0.1) is 13.8 Å². The molecule has 2 heterocycles. The lowest BCUT2D eigenvalue weighted by Gasteiger charge is -2.10. The van der Waals surface area contributed by atoms with Crippen molar-refractivity contribution in [3.63, 3.8) is 0 Å². The van der Waals surface area contributed by atoms with Gasteiger partial charge in [0.05, 0.1) is 5.69 Å². The molecule has 124 valence electrons. The molecule has 24 heavy (non-hydrogen) atoms. The van der Waals surface area contributed by atoms with Crippen LogP contribution in [0.25, 0.3) is 11.0 Å². The first-order valence-electron chi connectivity index (χ1n) is 7.33. The molecule has 0 bridgehead atoms. The molecule has 0 spiro atoms. The summed E-state index contributed by atoms with van der Waals surface area (Å²) >= 11 is 5.81. The van der Waals surface area contributed by atoms with Gasteiger partial charge in [-0.3, -0.25) is 15.5 Å². The average molecular weight is 345 g/mol. The van der Waals surface area contributed by atoms with E-state index in [0.717, 1.165) is 22.3 Å². The molecule has 0 fully saturated rings. The Hall–Kier alpha value is -2.80. The van der Waals surface area contributed by atoms with Gasteiger partial charge in [-0.25, -0.2) is 9.78 Å². The van der Waals surface area contributed by atoms with Crippen LogP contribution in [0.3, 0.4) is 0 Å². The number of amides is 2. The summed E-state index contributed by atoms with van der Waals surface area (Å²) in [5.41, 5.74) is 8.72. The maximum Gasteiger partial charge on any atom is 0.337 e. The van der Waals surface area contributed by atoms with Crippen molar-refractivity contribution in [1.82, 2.24) is 20.2 Å². The van der Waals surface area contributed by atoms with Crippen LogP contribution in [0.1, 0.15) is 11.3 Å². The van der Waals surface area contributed by atoms with Crippen LogP contribution < -0.4 is 16.2 Å². The normalized spacial score (nSPS) is 10.7. The van der Waals surface area contributed by atoms with E-state index in [0.29, 0.717) is 16.5 Å². The highest BCUT2D eigenvalue weighted by molar-refractivity contribution is 6.30. The molecule has 0 saturated heterocycles. The third-order valence-electron chi connectivity index (χ3n) is 3.57. The summed E-state index contributed by atoms with van der Waals surface area (Å²) in [6.07, 6.45) is 0. The predicted octanol–water partition coefficient (Wildman–Crippen LogP) is 3.39. The van der Waals surface area contributed by atoms with Crippen molar-refractivity contribution < 1.29 is 4.79 Å². The van der Waals surface area contributed by atoms with Crippen LogP contribution in [0.2, 0.25) is 5.02 Å². The van der Waals surface area contributed by atoms with Gasteiger partial charge in [0.2, 0.25) is 0 Å². The van der Waals surface area contributed by atoms with Crippen molar-refractivity contribution in [3.8, 4) is 0 Å². The molecule has 0 aliphatic carbocycles. The number of halogens is 1. The van der Waals surface area contributed by atoms with Crippen molar-refractivity contribution >= 4 is 40.2 Å². The molecular formula is C16H17ClN6O. The van der Waals surface area contributed by atoms with E-state index < -0.39 is 6.03 Å². The molecule has 3 aromatic rings. The lowest BCUT2D eigenvalue weighted by atomic mass is 10.1. The molecule has 0 unspecified atom stereocenters. The highest BCUT2D eigenvalue weighted by atomic mass is 35.5. The molecule has 3 rings (SSSR count). The molecule has 0 aliphatic heterocycles. The Morgan fingerprint density at radius 2 is 1.92 bits per heavy atom. The number of hydrogen-bond donors (Lipinski definition) is 3. The Bertz CT molecular complexity index is 903. The van der Waals surface area contributed by atoms with Gasteiger partial charge in [0.15, 0.2) is 5.65 Å². The topological polar surface area (TPSA) is 83.9 Å². The predicted molar refractivity (Wildman–Crippen MR) is 95.2 cm³/mol. The maximum absolute atomic E-state index is 11.9. The zero-order valence-electron chi connectivity index (χ0n) is 13.5. The van der Waals surface area contributed by atoms with E-state index in [1.165, 1.54) is 0 Å². The number of aromatic nitrogens is 3. The number of anilines is 2. The minimum Gasteiger partial charge on any atom is -0.307 e. The molecule has 1 aromatic carbocycles. The molecule has 3 N–H and O–H groups in total. The second kappa shape index (κ2) is 6.37. The van der Waals surface area contributed by atoms with E-state index in [2.05, 4.69) is 26.3 Å². The van der Waals surface area contributed by atoms with E-state index in [4.69, 9.17) is 11.6 Å². The van der Waals surface area contributed by atoms with Gasteiger partial charge in [-0.05, 0) is 49.7 Å². The second-order valence-electron chi connectivity index (χ2n) is 5.44. The number of urea groups is 1. The molecule has 0 atom stereocenters. The largest absolute Gasteiger partial charge is 0.337 e. The minimum absolute atomic E-state index is 0.405. The molecule has 0 radical (unpaired) electrons. The molecule has 0 aliphatic rings. The monoisotopic (exact) mass is 344 g/mol. The summed E-state index contributed by atoms with van der Waals surface area (Å²) in [6, 6.07) is 8.30. The van der Waals surface area contributed by atoms with E-state index in [9.17, 15) is 4.79 Å². The number of aryl methyl sites for hydroxylation is 3. The van der Waals surface area contributed by atoms with Crippen molar-refractivity contribution in [2.24, 2.45) is 7.05 Å². The van der Waals surface area contributed by atoms with Gasteiger partial charge in [-0.15, -0.1) is 0 Å². The van der Waals surface area contributed by atoms with Gasteiger partial charge in [0, 0.05) is 23.1 Å². The van der Waals surface area contributed by atoms with Crippen molar-refractivity contribution in [1.29, 1.82) is 0 Å². The highest BCUT2D eigenvalue weighted by Crippen LogP contribution is 2.22. The van der Waals surface area contributed by atoms with Crippen LogP contribution in [0.15, 0.2) is 30.3 Å².